The summed E-state index contributed by atoms with van der Waals surface area (Å²) in [6.45, 7) is 12.0. The van der Waals surface area contributed by atoms with Crippen LogP contribution in [-0.2, 0) is 14.3 Å². The summed E-state index contributed by atoms with van der Waals surface area (Å²) in [6, 6.07) is 0. The Labute approximate surface area is 275 Å². The van der Waals surface area contributed by atoms with Crippen molar-refractivity contribution in [2.24, 2.45) is 0 Å². The molecule has 0 fully saturated rings. The molecule has 0 spiro atoms. The van der Waals surface area contributed by atoms with Crippen molar-refractivity contribution >= 4 is 11.9 Å². The van der Waals surface area contributed by atoms with Gasteiger partial charge >= 0.3 is 11.9 Å². The van der Waals surface area contributed by atoms with Gasteiger partial charge in [0.1, 0.15) is 0 Å². The minimum atomic E-state index is -0.842. The Morgan fingerprint density at radius 1 is 0.500 bits per heavy atom. The van der Waals surface area contributed by atoms with E-state index in [1.807, 2.05) is 0 Å². The number of ether oxygens (including phenoxy) is 1. The second kappa shape index (κ2) is 39.4. The summed E-state index contributed by atoms with van der Waals surface area (Å²) in [5.41, 5.74) is 0.356. The summed E-state index contributed by atoms with van der Waals surface area (Å²) in [5, 5.41) is 8.70. The average molecular weight is 621 g/mol. The molecule has 0 aromatic carbocycles. The molecule has 260 valence electrons. The Hall–Kier alpha value is -1.58. The van der Waals surface area contributed by atoms with Gasteiger partial charge in [-0.15, -0.1) is 0 Å². The van der Waals surface area contributed by atoms with Crippen molar-refractivity contribution in [2.45, 2.75) is 213 Å². The second-order valence-corrected chi connectivity index (χ2v) is 12.9. The third-order valence-corrected chi connectivity index (χ3v) is 8.54. The number of unbranched alkanes of at least 4 members (excludes halogenated alkanes) is 28. The van der Waals surface area contributed by atoms with Gasteiger partial charge in [0.2, 0.25) is 0 Å². The molecule has 0 bridgehead atoms. The molecule has 0 unspecified atom stereocenters. The van der Waals surface area contributed by atoms with E-state index >= 15 is 0 Å². The highest BCUT2D eigenvalue weighted by Gasteiger charge is 2.02. The molecular weight excluding hydrogens is 544 g/mol. The van der Waals surface area contributed by atoms with E-state index in [0.717, 1.165) is 19.3 Å². The Bertz CT molecular complexity index is 625. The molecular formula is C40H76O4. The van der Waals surface area contributed by atoms with Gasteiger partial charge in [0.15, 0.2) is 0 Å². The zero-order chi connectivity index (χ0) is 32.8. The Kier molecular flexibility index (Phi) is 39.9. The predicted molar refractivity (Wildman–Crippen MR) is 192 cm³/mol. The van der Waals surface area contributed by atoms with E-state index in [1.54, 1.807) is 0 Å². The first-order chi connectivity index (χ1) is 21.5. The van der Waals surface area contributed by atoms with Crippen molar-refractivity contribution < 1.29 is 19.4 Å². The molecule has 0 aromatic heterocycles. The van der Waals surface area contributed by atoms with Crippen molar-refractivity contribution in [1.82, 2.24) is 0 Å². The lowest BCUT2D eigenvalue weighted by atomic mass is 10.0. The van der Waals surface area contributed by atoms with Gasteiger partial charge in [-0.2, -0.15) is 0 Å². The highest BCUT2D eigenvalue weighted by Crippen LogP contribution is 2.15. The van der Waals surface area contributed by atoms with Crippen LogP contribution in [0.25, 0.3) is 0 Å². The molecule has 0 rings (SSSR count). The zero-order valence-electron chi connectivity index (χ0n) is 29.8. The number of carboxylic acids is 1. The smallest absolute Gasteiger partial charge is 0.330 e. The molecule has 0 radical (unpaired) electrons. The first-order valence-corrected chi connectivity index (χ1v) is 19.2. The van der Waals surface area contributed by atoms with Crippen molar-refractivity contribution in [1.29, 1.82) is 0 Å². The van der Waals surface area contributed by atoms with Crippen LogP contribution in [0, 0.1) is 0 Å². The van der Waals surface area contributed by atoms with Gasteiger partial charge in [-0.3, -0.25) is 0 Å². The van der Waals surface area contributed by atoms with Crippen LogP contribution in [0.5, 0.6) is 0 Å². The first-order valence-electron chi connectivity index (χ1n) is 19.2. The normalized spacial score (nSPS) is 10.7. The average Bonchev–Trinajstić information content (AvgIpc) is 3.02. The third-order valence-electron chi connectivity index (χ3n) is 8.54. The molecule has 0 heterocycles. The standard InChI is InChI=1S/2C20H38O2/c1-3-4-5-6-7-8-9-10-11-12-13-14-15-16-17-18-19(2)20(21)22;1-3-5-6-7-8-9-10-11-12-13-14-15-16-17-18-19-22-20(21)4-2/h2-18H2,1H3,(H,21,22);4H,2-3,5-19H2,1H3. The predicted octanol–water partition coefficient (Wildman–Crippen LogP) is 13.5. The lowest BCUT2D eigenvalue weighted by molar-refractivity contribution is -0.138. The lowest BCUT2D eigenvalue weighted by Gasteiger charge is -2.04. The van der Waals surface area contributed by atoms with Crippen molar-refractivity contribution in [3.8, 4) is 0 Å². The van der Waals surface area contributed by atoms with Crippen LogP contribution in [0.15, 0.2) is 24.8 Å². The molecule has 1 N–H and O–H groups in total. The van der Waals surface area contributed by atoms with Crippen molar-refractivity contribution in [2.75, 3.05) is 6.61 Å². The summed E-state index contributed by atoms with van der Waals surface area (Å²) >= 11 is 0. The number of carbonyl (C=O) groups excluding carboxylic acids is 1. The molecule has 0 aromatic rings. The third kappa shape index (κ3) is 40.4. The van der Waals surface area contributed by atoms with Crippen molar-refractivity contribution in [3.63, 3.8) is 0 Å². The van der Waals surface area contributed by atoms with E-state index in [1.165, 1.54) is 179 Å². The minimum Gasteiger partial charge on any atom is -0.478 e. The quantitative estimate of drug-likeness (QED) is 0.0441. The first kappa shape index (κ1) is 44.5. The summed E-state index contributed by atoms with van der Waals surface area (Å²) in [7, 11) is 0. The molecule has 0 aliphatic rings. The van der Waals surface area contributed by atoms with Gasteiger partial charge in [0.05, 0.1) is 6.61 Å². The summed E-state index contributed by atoms with van der Waals surface area (Å²) in [6.07, 6.45) is 42.2. The van der Waals surface area contributed by atoms with Gasteiger partial charge in [-0.05, 0) is 19.3 Å². The summed E-state index contributed by atoms with van der Waals surface area (Å²) < 4.78 is 4.95. The van der Waals surface area contributed by atoms with Gasteiger partial charge in [0.25, 0.3) is 0 Å². The number of carbonyl (C=O) groups is 2. The van der Waals surface area contributed by atoms with E-state index in [4.69, 9.17) is 9.84 Å². The molecule has 0 aliphatic carbocycles. The number of carboxylic acid groups (broad SMARTS) is 1. The van der Waals surface area contributed by atoms with Gasteiger partial charge in [-0.25, -0.2) is 9.59 Å². The number of rotatable bonds is 34. The maximum Gasteiger partial charge on any atom is 0.330 e. The van der Waals surface area contributed by atoms with Crippen LogP contribution < -0.4 is 0 Å². The van der Waals surface area contributed by atoms with E-state index in [0.29, 0.717) is 18.6 Å². The molecule has 0 atom stereocenters. The van der Waals surface area contributed by atoms with Crippen LogP contribution >= 0.6 is 0 Å². The van der Waals surface area contributed by atoms with E-state index < -0.39 is 5.97 Å². The minimum absolute atomic E-state index is 0.301. The molecule has 0 saturated heterocycles. The Morgan fingerprint density at radius 2 is 0.773 bits per heavy atom. The zero-order valence-corrected chi connectivity index (χ0v) is 29.8. The van der Waals surface area contributed by atoms with Gasteiger partial charge in [-0.1, -0.05) is 207 Å². The SMILES string of the molecule is C=C(CCCCCCCCCCCCCCCCC)C(=O)O.C=CC(=O)OCCCCCCCCCCCCCCCCC. The van der Waals surface area contributed by atoms with Gasteiger partial charge in [0, 0.05) is 11.6 Å². The van der Waals surface area contributed by atoms with Crippen LogP contribution in [0.1, 0.15) is 213 Å². The number of aliphatic carboxylic acids is 1. The lowest BCUT2D eigenvalue weighted by Crippen LogP contribution is -2.01. The summed E-state index contributed by atoms with van der Waals surface area (Å²) in [5.74, 6) is -1.14. The summed E-state index contributed by atoms with van der Waals surface area (Å²) in [4.78, 5) is 21.4. The fourth-order valence-electron chi connectivity index (χ4n) is 5.52. The van der Waals surface area contributed by atoms with E-state index in [9.17, 15) is 9.59 Å². The second-order valence-electron chi connectivity index (χ2n) is 12.9. The van der Waals surface area contributed by atoms with Crippen LogP contribution in [0.2, 0.25) is 0 Å². The maximum atomic E-state index is 10.8. The largest absolute Gasteiger partial charge is 0.478 e. The fraction of sp³-hybridized carbons (Fsp3) is 0.850. The Balaban J connectivity index is 0. The van der Waals surface area contributed by atoms with E-state index in [2.05, 4.69) is 27.0 Å². The highest BCUT2D eigenvalue weighted by molar-refractivity contribution is 5.85. The topological polar surface area (TPSA) is 63.6 Å². The van der Waals surface area contributed by atoms with Crippen LogP contribution in [0.3, 0.4) is 0 Å². The molecule has 0 saturated carbocycles. The van der Waals surface area contributed by atoms with Gasteiger partial charge < -0.3 is 9.84 Å². The monoisotopic (exact) mass is 621 g/mol. The highest BCUT2D eigenvalue weighted by atomic mass is 16.5. The Morgan fingerprint density at radius 3 is 1.05 bits per heavy atom. The number of esters is 1. The molecule has 4 nitrogen and oxygen atoms in total. The number of hydrogen-bond donors (Lipinski definition) is 1. The fourth-order valence-corrected chi connectivity index (χ4v) is 5.52. The van der Waals surface area contributed by atoms with E-state index in [-0.39, 0.29) is 5.97 Å². The number of hydrogen-bond acceptors (Lipinski definition) is 3. The molecule has 0 aliphatic heterocycles. The van der Waals surface area contributed by atoms with Crippen LogP contribution in [-0.4, -0.2) is 23.7 Å². The molecule has 4 heteroatoms. The maximum absolute atomic E-state index is 10.8. The van der Waals surface area contributed by atoms with Crippen LogP contribution in [0.4, 0.5) is 0 Å². The van der Waals surface area contributed by atoms with Crippen molar-refractivity contribution in [3.05, 3.63) is 24.8 Å². The molecule has 44 heavy (non-hydrogen) atoms. The molecule has 0 amide bonds.